The zero-order valence-corrected chi connectivity index (χ0v) is 15.9. The van der Waals surface area contributed by atoms with Gasteiger partial charge in [0.1, 0.15) is 5.01 Å². The van der Waals surface area contributed by atoms with E-state index in [1.54, 1.807) is 12.1 Å². The maximum Gasteiger partial charge on any atom is 0.236 e. The lowest BCUT2D eigenvalue weighted by Crippen LogP contribution is -2.13. The summed E-state index contributed by atoms with van der Waals surface area (Å²) in [6.45, 7) is 1.85. The van der Waals surface area contributed by atoms with Gasteiger partial charge in [-0.15, -0.1) is 10.2 Å². The minimum Gasteiger partial charge on any atom is -0.301 e. The lowest BCUT2D eigenvalue weighted by Gasteiger charge is -1.98. The second-order valence-corrected chi connectivity index (χ2v) is 10.3. The molecule has 0 radical (unpaired) electrons. The van der Waals surface area contributed by atoms with Crippen molar-refractivity contribution < 1.29 is 13.2 Å². The van der Waals surface area contributed by atoms with Gasteiger partial charge >= 0.3 is 0 Å². The summed E-state index contributed by atoms with van der Waals surface area (Å²) >= 11 is 3.99. The summed E-state index contributed by atoms with van der Waals surface area (Å²) in [4.78, 5) is 16.5. The molecule has 0 aliphatic rings. The van der Waals surface area contributed by atoms with Crippen LogP contribution in [0.1, 0.15) is 5.01 Å². The Hall–Kier alpha value is -1.56. The number of benzene rings is 1. The zero-order valence-electron chi connectivity index (χ0n) is 12.6. The van der Waals surface area contributed by atoms with Crippen LogP contribution in [0.15, 0.2) is 27.4 Å². The molecule has 3 rings (SSSR count). The van der Waals surface area contributed by atoms with Gasteiger partial charge in [0, 0.05) is 6.26 Å². The number of fused-ring (bicyclic) bond motifs is 1. The highest BCUT2D eigenvalue weighted by molar-refractivity contribution is 8.01. The monoisotopic (exact) mass is 400 g/mol. The first kappa shape index (κ1) is 17.3. The highest BCUT2D eigenvalue weighted by Gasteiger charge is 2.13. The average Bonchev–Trinajstić information content (AvgIpc) is 3.08. The van der Waals surface area contributed by atoms with E-state index in [9.17, 15) is 13.2 Å². The summed E-state index contributed by atoms with van der Waals surface area (Å²) < 4.78 is 24.6. The number of aromatic nitrogens is 3. The number of hydrogen-bond acceptors (Lipinski definition) is 9. The van der Waals surface area contributed by atoms with Crippen molar-refractivity contribution >= 4 is 65.5 Å². The molecule has 0 atom stereocenters. The van der Waals surface area contributed by atoms with E-state index in [4.69, 9.17) is 0 Å². The van der Waals surface area contributed by atoms with Crippen LogP contribution < -0.4 is 5.32 Å². The van der Waals surface area contributed by atoms with Crippen molar-refractivity contribution in [1.29, 1.82) is 0 Å². The average molecular weight is 401 g/mol. The van der Waals surface area contributed by atoms with Crippen molar-refractivity contribution in [2.75, 3.05) is 17.3 Å². The lowest BCUT2D eigenvalue weighted by atomic mass is 10.3. The number of amides is 1. The predicted octanol–water partition coefficient (Wildman–Crippen LogP) is 2.59. The molecule has 0 saturated carbocycles. The number of aryl methyl sites for hydroxylation is 1. The number of anilines is 1. The van der Waals surface area contributed by atoms with Crippen molar-refractivity contribution in [2.45, 2.75) is 16.2 Å². The van der Waals surface area contributed by atoms with Gasteiger partial charge < -0.3 is 5.32 Å². The van der Waals surface area contributed by atoms with E-state index in [1.165, 1.54) is 40.5 Å². The molecule has 0 bridgehead atoms. The first-order valence-electron chi connectivity index (χ1n) is 6.65. The number of carbonyl (C=O) groups is 1. The van der Waals surface area contributed by atoms with Crippen molar-refractivity contribution in [3.8, 4) is 0 Å². The van der Waals surface area contributed by atoms with Crippen LogP contribution in [0.25, 0.3) is 10.2 Å². The van der Waals surface area contributed by atoms with E-state index in [-0.39, 0.29) is 16.6 Å². The molecule has 0 fully saturated rings. The molecule has 0 spiro atoms. The number of rotatable bonds is 5. The van der Waals surface area contributed by atoms with Crippen LogP contribution in [-0.4, -0.2) is 41.5 Å². The fraction of sp³-hybridized carbons (Fsp3) is 0.231. The lowest BCUT2D eigenvalue weighted by molar-refractivity contribution is -0.113. The topological polar surface area (TPSA) is 102 Å². The standard InChI is InChI=1S/C13H12N4O3S4/c1-7-16-17-13(22-7)21-6-11(18)15-12-14-9-4-3-8(24(2,19)20)5-10(9)23-12/h3-5H,6H2,1-2H3,(H,14,15,18). The maximum atomic E-state index is 12.0. The third-order valence-electron chi connectivity index (χ3n) is 2.87. The molecule has 0 aliphatic heterocycles. The minimum absolute atomic E-state index is 0.199. The number of nitrogens with zero attached hydrogens (tertiary/aromatic N) is 3. The third kappa shape index (κ3) is 4.09. The largest absolute Gasteiger partial charge is 0.301 e. The van der Waals surface area contributed by atoms with Gasteiger partial charge in [0.25, 0.3) is 0 Å². The van der Waals surface area contributed by atoms with Crippen LogP contribution in [0.3, 0.4) is 0 Å². The minimum atomic E-state index is -3.27. The Morgan fingerprint density at radius 3 is 2.75 bits per heavy atom. The number of carbonyl (C=O) groups excluding carboxylic acids is 1. The van der Waals surface area contributed by atoms with Gasteiger partial charge in [0.05, 0.1) is 20.9 Å². The number of thioether (sulfide) groups is 1. The van der Waals surface area contributed by atoms with Crippen LogP contribution in [-0.2, 0) is 14.6 Å². The molecule has 0 unspecified atom stereocenters. The summed E-state index contributed by atoms with van der Waals surface area (Å²) in [5.74, 6) is 0.00864. The SMILES string of the molecule is Cc1nnc(SCC(=O)Nc2nc3ccc(S(C)(=O)=O)cc3s2)s1. The first-order valence-corrected chi connectivity index (χ1v) is 11.2. The Morgan fingerprint density at radius 1 is 1.29 bits per heavy atom. The third-order valence-corrected chi connectivity index (χ3v) is 6.88. The molecule has 1 aromatic carbocycles. The van der Waals surface area contributed by atoms with E-state index in [0.29, 0.717) is 15.3 Å². The molecule has 3 aromatic rings. The second kappa shape index (κ2) is 6.75. The van der Waals surface area contributed by atoms with Gasteiger partial charge in [-0.3, -0.25) is 4.79 Å². The Morgan fingerprint density at radius 2 is 2.08 bits per heavy atom. The molecule has 2 heterocycles. The van der Waals surface area contributed by atoms with E-state index >= 15 is 0 Å². The van der Waals surface area contributed by atoms with Crippen LogP contribution in [0.5, 0.6) is 0 Å². The Labute approximate surface area is 150 Å². The smallest absolute Gasteiger partial charge is 0.236 e. The second-order valence-electron chi connectivity index (χ2n) is 4.84. The fourth-order valence-electron chi connectivity index (χ4n) is 1.81. The number of hydrogen-bond donors (Lipinski definition) is 1. The quantitative estimate of drug-likeness (QED) is 0.657. The van der Waals surface area contributed by atoms with Crippen LogP contribution in [0, 0.1) is 6.92 Å². The molecular formula is C13H12N4O3S4. The fourth-order valence-corrected chi connectivity index (χ4v) is 5.07. The Balaban J connectivity index is 1.69. The molecule has 0 aliphatic carbocycles. The normalized spacial score (nSPS) is 11.8. The van der Waals surface area contributed by atoms with Crippen molar-refractivity contribution in [2.24, 2.45) is 0 Å². The summed E-state index contributed by atoms with van der Waals surface area (Å²) in [7, 11) is -3.27. The molecule has 0 saturated heterocycles. The molecule has 2 aromatic heterocycles. The Bertz CT molecular complexity index is 1010. The van der Waals surface area contributed by atoms with E-state index in [1.807, 2.05) is 6.92 Å². The maximum absolute atomic E-state index is 12.0. The van der Waals surface area contributed by atoms with Crippen molar-refractivity contribution in [1.82, 2.24) is 15.2 Å². The molecule has 7 nitrogen and oxygen atoms in total. The summed E-state index contributed by atoms with van der Waals surface area (Å²) in [5.41, 5.74) is 0.648. The molecule has 1 amide bonds. The van der Waals surface area contributed by atoms with E-state index in [2.05, 4.69) is 20.5 Å². The van der Waals surface area contributed by atoms with Gasteiger partial charge in [-0.1, -0.05) is 34.4 Å². The van der Waals surface area contributed by atoms with E-state index < -0.39 is 9.84 Å². The molecule has 11 heteroatoms. The van der Waals surface area contributed by atoms with Gasteiger partial charge in [-0.05, 0) is 25.1 Å². The van der Waals surface area contributed by atoms with Crippen LogP contribution in [0.2, 0.25) is 0 Å². The number of sulfone groups is 1. The van der Waals surface area contributed by atoms with Gasteiger partial charge in [0.2, 0.25) is 5.91 Å². The first-order chi connectivity index (χ1) is 11.3. The van der Waals surface area contributed by atoms with Crippen LogP contribution >= 0.6 is 34.4 Å². The molecule has 1 N–H and O–H groups in total. The van der Waals surface area contributed by atoms with Crippen molar-refractivity contribution in [3.05, 3.63) is 23.2 Å². The Kier molecular flexibility index (Phi) is 4.85. The van der Waals surface area contributed by atoms with Gasteiger partial charge in [0.15, 0.2) is 19.3 Å². The number of nitrogens with one attached hydrogen (secondary N) is 1. The summed E-state index contributed by atoms with van der Waals surface area (Å²) in [5, 5.41) is 11.8. The van der Waals surface area contributed by atoms with E-state index in [0.717, 1.165) is 15.6 Å². The summed E-state index contributed by atoms with van der Waals surface area (Å²) in [6.07, 6.45) is 1.16. The van der Waals surface area contributed by atoms with Gasteiger partial charge in [-0.2, -0.15) is 0 Å². The summed E-state index contributed by atoms with van der Waals surface area (Å²) in [6, 6.07) is 4.71. The highest BCUT2D eigenvalue weighted by Crippen LogP contribution is 2.28. The van der Waals surface area contributed by atoms with Crippen LogP contribution in [0.4, 0.5) is 5.13 Å². The molecule has 24 heavy (non-hydrogen) atoms. The molecule has 126 valence electrons. The molecular weight excluding hydrogens is 388 g/mol. The predicted molar refractivity (Wildman–Crippen MR) is 96.7 cm³/mol. The highest BCUT2D eigenvalue weighted by atomic mass is 32.2. The van der Waals surface area contributed by atoms with Crippen molar-refractivity contribution in [3.63, 3.8) is 0 Å². The van der Waals surface area contributed by atoms with Gasteiger partial charge in [-0.25, -0.2) is 13.4 Å². The zero-order chi connectivity index (χ0) is 17.3. The number of thiazole rings is 1.